The highest BCUT2D eigenvalue weighted by molar-refractivity contribution is 5.90. The van der Waals surface area contributed by atoms with E-state index in [1.54, 1.807) is 25.1 Å². The molecular weight excluding hydrogens is 376 g/mol. The molecule has 1 aromatic heterocycles. The van der Waals surface area contributed by atoms with Gasteiger partial charge < -0.3 is 23.7 Å². The second-order valence-corrected chi connectivity index (χ2v) is 6.37. The minimum Gasteiger partial charge on any atom is -0.490 e. The van der Waals surface area contributed by atoms with E-state index in [4.69, 9.17) is 18.6 Å². The number of esters is 1. The fraction of sp³-hybridized carbons (Fsp3) is 0.273. The Morgan fingerprint density at radius 1 is 1.07 bits per heavy atom. The minimum absolute atomic E-state index is 0.0389. The van der Waals surface area contributed by atoms with Crippen LogP contribution >= 0.6 is 0 Å². The molecule has 0 amide bonds. The first-order chi connectivity index (χ1) is 14.0. The summed E-state index contributed by atoms with van der Waals surface area (Å²) in [6, 6.07) is 13.4. The van der Waals surface area contributed by atoms with Crippen molar-refractivity contribution in [1.82, 2.24) is 0 Å². The Morgan fingerprint density at radius 3 is 2.48 bits per heavy atom. The van der Waals surface area contributed by atoms with Crippen LogP contribution < -0.4 is 14.9 Å². The van der Waals surface area contributed by atoms with Gasteiger partial charge in [-0.25, -0.2) is 4.79 Å². The molecule has 2 aromatic carbocycles. The van der Waals surface area contributed by atoms with Gasteiger partial charge in [0.25, 0.3) is 0 Å². The average molecular weight is 398 g/mol. The zero-order chi connectivity index (χ0) is 20.8. The molecule has 0 aliphatic rings. The molecule has 7 nitrogen and oxygen atoms in total. The molecule has 1 N–H and O–H groups in total. The Bertz CT molecular complexity index is 1050. The minimum atomic E-state index is -0.907. The van der Waals surface area contributed by atoms with Gasteiger partial charge in [-0.05, 0) is 37.6 Å². The molecular formula is C22H22O7. The maximum Gasteiger partial charge on any atom is 0.374 e. The van der Waals surface area contributed by atoms with E-state index in [1.807, 2.05) is 31.2 Å². The Balaban J connectivity index is 1.70. The standard InChI is InChI=1S/C22H22O7/c1-3-26-22(25)20-11-16(24)21-18(9-6-10-19(21)29-20)28-13-15(23)12-27-17-8-5-4-7-14(17)2/h4-11,15,23H,3,12-13H2,1-2H3. The second kappa shape index (κ2) is 9.25. The summed E-state index contributed by atoms with van der Waals surface area (Å²) >= 11 is 0. The summed E-state index contributed by atoms with van der Waals surface area (Å²) in [7, 11) is 0. The first-order valence-electron chi connectivity index (χ1n) is 9.23. The topological polar surface area (TPSA) is 95.2 Å². The summed E-state index contributed by atoms with van der Waals surface area (Å²) in [5, 5.41) is 10.4. The predicted molar refractivity (Wildman–Crippen MR) is 107 cm³/mol. The molecule has 3 aromatic rings. The second-order valence-electron chi connectivity index (χ2n) is 6.37. The van der Waals surface area contributed by atoms with E-state index in [0.29, 0.717) is 5.75 Å². The zero-order valence-corrected chi connectivity index (χ0v) is 16.2. The maximum absolute atomic E-state index is 12.5. The normalized spacial score (nSPS) is 11.8. The maximum atomic E-state index is 12.5. The van der Waals surface area contributed by atoms with Gasteiger partial charge in [0.15, 0.2) is 5.43 Å². The number of hydrogen-bond donors (Lipinski definition) is 1. The highest BCUT2D eigenvalue weighted by Crippen LogP contribution is 2.24. The summed E-state index contributed by atoms with van der Waals surface area (Å²) in [6.07, 6.45) is -0.907. The highest BCUT2D eigenvalue weighted by Gasteiger charge is 2.17. The van der Waals surface area contributed by atoms with Gasteiger partial charge >= 0.3 is 5.97 Å². The number of carbonyl (C=O) groups excluding carboxylic acids is 1. The number of fused-ring (bicyclic) bond motifs is 1. The lowest BCUT2D eigenvalue weighted by molar-refractivity contribution is 0.0490. The largest absolute Gasteiger partial charge is 0.490 e. The molecule has 3 rings (SSSR count). The third kappa shape index (κ3) is 4.94. The number of rotatable bonds is 8. The van der Waals surface area contributed by atoms with E-state index in [-0.39, 0.29) is 42.3 Å². The lowest BCUT2D eigenvalue weighted by Gasteiger charge is -2.15. The predicted octanol–water partition coefficient (Wildman–Crippen LogP) is 3.10. The zero-order valence-electron chi connectivity index (χ0n) is 16.2. The summed E-state index contributed by atoms with van der Waals surface area (Å²) in [4.78, 5) is 24.3. The van der Waals surface area contributed by atoms with Crippen molar-refractivity contribution in [2.75, 3.05) is 19.8 Å². The molecule has 7 heteroatoms. The van der Waals surface area contributed by atoms with E-state index in [0.717, 1.165) is 11.6 Å². The van der Waals surface area contributed by atoms with Gasteiger partial charge in [0, 0.05) is 6.07 Å². The molecule has 0 spiro atoms. The van der Waals surface area contributed by atoms with Gasteiger partial charge in [0.2, 0.25) is 5.76 Å². The molecule has 1 unspecified atom stereocenters. The van der Waals surface area contributed by atoms with E-state index in [2.05, 4.69) is 0 Å². The molecule has 0 aliphatic carbocycles. The SMILES string of the molecule is CCOC(=O)c1cc(=O)c2c(OCC(O)COc3ccccc3C)cccc2o1. The van der Waals surface area contributed by atoms with Crippen LogP contribution in [0.2, 0.25) is 0 Å². The molecule has 0 radical (unpaired) electrons. The molecule has 1 atom stereocenters. The Kier molecular flexibility index (Phi) is 6.51. The van der Waals surface area contributed by atoms with Crippen molar-refractivity contribution in [3.05, 3.63) is 70.1 Å². The van der Waals surface area contributed by atoms with Crippen LogP contribution in [0.15, 0.2) is 57.7 Å². The van der Waals surface area contributed by atoms with Crippen molar-refractivity contribution in [2.45, 2.75) is 20.0 Å². The fourth-order valence-corrected chi connectivity index (χ4v) is 2.74. The van der Waals surface area contributed by atoms with Gasteiger partial charge in [-0.1, -0.05) is 24.3 Å². The number of hydrogen-bond acceptors (Lipinski definition) is 7. The van der Waals surface area contributed by atoms with Crippen LogP contribution in [0, 0.1) is 6.92 Å². The van der Waals surface area contributed by atoms with Crippen LogP contribution in [0.5, 0.6) is 11.5 Å². The third-order valence-corrected chi connectivity index (χ3v) is 4.15. The van der Waals surface area contributed by atoms with Gasteiger partial charge in [-0.2, -0.15) is 0 Å². The lowest BCUT2D eigenvalue weighted by atomic mass is 10.2. The fourth-order valence-electron chi connectivity index (χ4n) is 2.74. The first-order valence-corrected chi connectivity index (χ1v) is 9.23. The van der Waals surface area contributed by atoms with E-state index in [1.165, 1.54) is 0 Å². The van der Waals surface area contributed by atoms with Gasteiger partial charge in [0.1, 0.15) is 41.8 Å². The Morgan fingerprint density at radius 2 is 1.76 bits per heavy atom. The molecule has 0 fully saturated rings. The highest BCUT2D eigenvalue weighted by atomic mass is 16.5. The van der Waals surface area contributed by atoms with E-state index < -0.39 is 17.5 Å². The Hall–Kier alpha value is -3.32. The smallest absolute Gasteiger partial charge is 0.374 e. The van der Waals surface area contributed by atoms with E-state index in [9.17, 15) is 14.7 Å². The number of aliphatic hydroxyl groups excluding tert-OH is 1. The molecule has 0 aliphatic heterocycles. The van der Waals surface area contributed by atoms with Crippen molar-refractivity contribution >= 4 is 16.9 Å². The monoisotopic (exact) mass is 398 g/mol. The number of aliphatic hydroxyl groups is 1. The van der Waals surface area contributed by atoms with Crippen molar-refractivity contribution < 1.29 is 28.5 Å². The summed E-state index contributed by atoms with van der Waals surface area (Å²) in [6.45, 7) is 3.71. The van der Waals surface area contributed by atoms with Gasteiger partial charge in [0.05, 0.1) is 6.61 Å². The summed E-state index contributed by atoms with van der Waals surface area (Å²) < 4.78 is 21.6. The quantitative estimate of drug-likeness (QED) is 0.583. The third-order valence-electron chi connectivity index (χ3n) is 4.15. The van der Waals surface area contributed by atoms with Crippen LogP contribution in [0.4, 0.5) is 0 Å². The van der Waals surface area contributed by atoms with Crippen molar-refractivity contribution in [3.8, 4) is 11.5 Å². The molecule has 0 bridgehead atoms. The average Bonchev–Trinajstić information content (AvgIpc) is 2.71. The van der Waals surface area contributed by atoms with Crippen molar-refractivity contribution in [2.24, 2.45) is 0 Å². The number of ether oxygens (including phenoxy) is 3. The Labute approximate surface area is 167 Å². The summed E-state index contributed by atoms with van der Waals surface area (Å²) in [5.74, 6) is 0.0558. The van der Waals surface area contributed by atoms with Crippen LogP contribution in [0.3, 0.4) is 0 Å². The van der Waals surface area contributed by atoms with Gasteiger partial charge in [-0.15, -0.1) is 0 Å². The number of benzene rings is 2. The van der Waals surface area contributed by atoms with Crippen LogP contribution in [0.25, 0.3) is 11.0 Å². The van der Waals surface area contributed by atoms with E-state index >= 15 is 0 Å². The van der Waals surface area contributed by atoms with Crippen LogP contribution in [-0.4, -0.2) is 37.0 Å². The van der Waals surface area contributed by atoms with Crippen LogP contribution in [0.1, 0.15) is 23.0 Å². The van der Waals surface area contributed by atoms with Crippen molar-refractivity contribution in [3.63, 3.8) is 0 Å². The molecule has 1 heterocycles. The number of para-hydroxylation sites is 1. The molecule has 0 saturated carbocycles. The first kappa shape index (κ1) is 20.4. The van der Waals surface area contributed by atoms with Crippen molar-refractivity contribution in [1.29, 1.82) is 0 Å². The molecule has 152 valence electrons. The van der Waals surface area contributed by atoms with Crippen LogP contribution in [-0.2, 0) is 4.74 Å². The lowest BCUT2D eigenvalue weighted by Crippen LogP contribution is -2.25. The summed E-state index contributed by atoms with van der Waals surface area (Å²) in [5.41, 5.74) is 0.726. The van der Waals surface area contributed by atoms with Gasteiger partial charge in [-0.3, -0.25) is 4.79 Å². The number of carbonyl (C=O) groups is 1. The number of aryl methyl sites for hydroxylation is 1. The molecule has 29 heavy (non-hydrogen) atoms. The molecule has 0 saturated heterocycles.